The lowest BCUT2D eigenvalue weighted by Crippen LogP contribution is -2.29. The Balaban J connectivity index is 1.52. The standard InChI is InChI=1S/C24H34FN5O2/c1-2-17(25)14-27-24-28-15-21(23(30-24)29-18-6-8-19(31)9-7-18)22-10-5-16(13-26-22)12-20-4-3-11-32-20/h5,10,13,15,17-20,31H,2-4,6-9,11-12,14H2,1H3,(H2,27,28,29,30)/t17-,18-,19-,20?/m0/s1. The molecule has 1 unspecified atom stereocenters. The lowest BCUT2D eigenvalue weighted by molar-refractivity contribution is 0.111. The molecule has 1 aliphatic carbocycles. The fourth-order valence-electron chi connectivity index (χ4n) is 4.30. The molecule has 4 rings (SSSR count). The SMILES string of the molecule is CC[C@H](F)CNc1ncc(-c2ccc(CC3CCCO3)cn2)c(N[C@H]2CC[C@H](O)CC2)n1. The molecule has 7 nitrogen and oxygen atoms in total. The minimum atomic E-state index is -0.937. The van der Waals surface area contributed by atoms with Gasteiger partial charge in [-0.2, -0.15) is 4.98 Å². The largest absolute Gasteiger partial charge is 0.393 e. The van der Waals surface area contributed by atoms with Crippen LogP contribution in [0.3, 0.4) is 0 Å². The second-order valence-corrected chi connectivity index (χ2v) is 8.88. The smallest absolute Gasteiger partial charge is 0.224 e. The molecule has 32 heavy (non-hydrogen) atoms. The van der Waals surface area contributed by atoms with Crippen LogP contribution in [-0.2, 0) is 11.2 Å². The van der Waals surface area contributed by atoms with Gasteiger partial charge in [0.25, 0.3) is 0 Å². The van der Waals surface area contributed by atoms with Crippen molar-refractivity contribution in [2.24, 2.45) is 0 Å². The van der Waals surface area contributed by atoms with E-state index in [1.807, 2.05) is 19.2 Å². The number of aliphatic hydroxyl groups excluding tert-OH is 1. The van der Waals surface area contributed by atoms with Crippen LogP contribution in [-0.4, -0.2) is 57.6 Å². The van der Waals surface area contributed by atoms with Gasteiger partial charge in [-0.3, -0.25) is 4.98 Å². The molecule has 1 aliphatic heterocycles. The summed E-state index contributed by atoms with van der Waals surface area (Å²) < 4.78 is 19.4. The number of anilines is 2. The number of aromatic nitrogens is 3. The van der Waals surface area contributed by atoms with Crippen molar-refractivity contribution in [1.29, 1.82) is 0 Å². The second kappa shape index (κ2) is 11.0. The molecule has 1 saturated carbocycles. The van der Waals surface area contributed by atoms with Crippen LogP contribution in [0.1, 0.15) is 57.4 Å². The first-order valence-electron chi connectivity index (χ1n) is 11.9. The highest BCUT2D eigenvalue weighted by atomic mass is 19.1. The van der Waals surface area contributed by atoms with E-state index in [4.69, 9.17) is 4.74 Å². The molecule has 1 saturated heterocycles. The van der Waals surface area contributed by atoms with Crippen molar-refractivity contribution in [3.05, 3.63) is 30.1 Å². The predicted molar refractivity (Wildman–Crippen MR) is 124 cm³/mol. The quantitative estimate of drug-likeness (QED) is 0.536. The number of ether oxygens (including phenoxy) is 1. The number of halogens is 1. The van der Waals surface area contributed by atoms with Crippen LogP contribution in [0.15, 0.2) is 24.5 Å². The van der Waals surface area contributed by atoms with Gasteiger partial charge >= 0.3 is 0 Å². The molecule has 8 heteroatoms. The second-order valence-electron chi connectivity index (χ2n) is 8.88. The van der Waals surface area contributed by atoms with E-state index >= 15 is 0 Å². The molecule has 2 aliphatic rings. The normalized spacial score (nSPS) is 24.3. The number of hydrogen-bond donors (Lipinski definition) is 3. The molecule has 2 aromatic rings. The van der Waals surface area contributed by atoms with E-state index in [1.54, 1.807) is 6.20 Å². The number of alkyl halides is 1. The van der Waals surface area contributed by atoms with Crippen molar-refractivity contribution in [3.63, 3.8) is 0 Å². The van der Waals surface area contributed by atoms with Crippen LogP contribution < -0.4 is 10.6 Å². The minimum absolute atomic E-state index is 0.182. The van der Waals surface area contributed by atoms with E-state index in [1.165, 1.54) is 0 Å². The highest BCUT2D eigenvalue weighted by molar-refractivity contribution is 5.73. The molecular weight excluding hydrogens is 409 g/mol. The molecule has 174 valence electrons. The molecule has 0 aromatic carbocycles. The highest BCUT2D eigenvalue weighted by Gasteiger charge is 2.22. The van der Waals surface area contributed by atoms with E-state index in [0.717, 1.165) is 68.4 Å². The lowest BCUT2D eigenvalue weighted by Gasteiger charge is -2.27. The highest BCUT2D eigenvalue weighted by Crippen LogP contribution is 2.29. The van der Waals surface area contributed by atoms with Gasteiger partial charge in [0.05, 0.1) is 23.5 Å². The van der Waals surface area contributed by atoms with Gasteiger partial charge in [-0.05, 0) is 56.6 Å². The zero-order chi connectivity index (χ0) is 22.3. The molecule has 0 bridgehead atoms. The van der Waals surface area contributed by atoms with Gasteiger partial charge in [-0.25, -0.2) is 9.37 Å². The van der Waals surface area contributed by atoms with Gasteiger partial charge in [0.1, 0.15) is 12.0 Å². The van der Waals surface area contributed by atoms with Crippen molar-refractivity contribution < 1.29 is 14.2 Å². The summed E-state index contributed by atoms with van der Waals surface area (Å²) in [7, 11) is 0. The number of nitrogens with one attached hydrogen (secondary N) is 2. The monoisotopic (exact) mass is 443 g/mol. The van der Waals surface area contributed by atoms with Gasteiger partial charge in [0.2, 0.25) is 5.95 Å². The number of nitrogens with zero attached hydrogens (tertiary/aromatic N) is 3. The van der Waals surface area contributed by atoms with Crippen LogP contribution in [0.4, 0.5) is 16.2 Å². The van der Waals surface area contributed by atoms with Gasteiger partial charge in [0.15, 0.2) is 0 Å². The Morgan fingerprint density at radius 2 is 2.00 bits per heavy atom. The van der Waals surface area contributed by atoms with Gasteiger partial charge < -0.3 is 20.5 Å². The van der Waals surface area contributed by atoms with Crippen LogP contribution in [0, 0.1) is 0 Å². The first-order valence-corrected chi connectivity index (χ1v) is 11.9. The molecule has 0 amide bonds. The fraction of sp³-hybridized carbons (Fsp3) is 0.625. The van der Waals surface area contributed by atoms with E-state index in [-0.39, 0.29) is 24.8 Å². The summed E-state index contributed by atoms with van der Waals surface area (Å²) in [5.74, 6) is 1.09. The van der Waals surface area contributed by atoms with Crippen LogP contribution >= 0.6 is 0 Å². The summed E-state index contributed by atoms with van der Waals surface area (Å²) in [6.45, 7) is 2.85. The molecule has 0 spiro atoms. The summed E-state index contributed by atoms with van der Waals surface area (Å²) in [5, 5.41) is 16.3. The van der Waals surface area contributed by atoms with E-state index in [0.29, 0.717) is 18.2 Å². The Morgan fingerprint density at radius 3 is 2.69 bits per heavy atom. The van der Waals surface area contributed by atoms with E-state index in [2.05, 4.69) is 31.7 Å². The van der Waals surface area contributed by atoms with Crippen molar-refractivity contribution in [2.45, 2.75) is 82.7 Å². The third kappa shape index (κ3) is 6.13. The Bertz CT molecular complexity index is 852. The van der Waals surface area contributed by atoms with Crippen molar-refractivity contribution in [2.75, 3.05) is 23.8 Å². The topological polar surface area (TPSA) is 92.2 Å². The molecule has 2 aromatic heterocycles. The first kappa shape index (κ1) is 22.9. The molecule has 2 atom stereocenters. The molecule has 3 heterocycles. The van der Waals surface area contributed by atoms with E-state index < -0.39 is 6.17 Å². The van der Waals surface area contributed by atoms with Crippen molar-refractivity contribution in [1.82, 2.24) is 15.0 Å². The molecule has 2 fully saturated rings. The van der Waals surface area contributed by atoms with Gasteiger partial charge in [-0.15, -0.1) is 0 Å². The zero-order valence-corrected chi connectivity index (χ0v) is 18.8. The van der Waals surface area contributed by atoms with E-state index in [9.17, 15) is 9.50 Å². The number of pyridine rings is 1. The summed E-state index contributed by atoms with van der Waals surface area (Å²) in [5.41, 5.74) is 2.77. The number of aliphatic hydroxyl groups is 1. The van der Waals surface area contributed by atoms with Crippen molar-refractivity contribution in [3.8, 4) is 11.3 Å². The lowest BCUT2D eigenvalue weighted by atomic mass is 9.93. The Labute approximate surface area is 189 Å². The summed E-state index contributed by atoms with van der Waals surface area (Å²) >= 11 is 0. The average Bonchev–Trinajstić information content (AvgIpc) is 3.33. The number of hydrogen-bond acceptors (Lipinski definition) is 7. The Hall–Kier alpha value is -2.32. The van der Waals surface area contributed by atoms with Crippen LogP contribution in [0.25, 0.3) is 11.3 Å². The Morgan fingerprint density at radius 1 is 1.16 bits per heavy atom. The van der Waals surface area contributed by atoms with Gasteiger partial charge in [0, 0.05) is 38.0 Å². The molecule has 0 radical (unpaired) electrons. The van der Waals surface area contributed by atoms with Crippen molar-refractivity contribution >= 4 is 11.8 Å². The van der Waals surface area contributed by atoms with Crippen LogP contribution in [0.5, 0.6) is 0 Å². The third-order valence-electron chi connectivity index (χ3n) is 6.34. The molecular formula is C24H34FN5O2. The summed E-state index contributed by atoms with van der Waals surface area (Å²) in [4.78, 5) is 13.7. The summed E-state index contributed by atoms with van der Waals surface area (Å²) in [6.07, 6.45) is 9.65. The first-order chi connectivity index (χ1) is 15.6. The molecule has 3 N–H and O–H groups in total. The van der Waals surface area contributed by atoms with Crippen LogP contribution in [0.2, 0.25) is 0 Å². The Kier molecular flexibility index (Phi) is 7.86. The maximum absolute atomic E-state index is 13.7. The summed E-state index contributed by atoms with van der Waals surface area (Å²) in [6, 6.07) is 4.31. The third-order valence-corrected chi connectivity index (χ3v) is 6.34. The maximum atomic E-state index is 13.7. The zero-order valence-electron chi connectivity index (χ0n) is 18.8. The predicted octanol–water partition coefficient (Wildman–Crippen LogP) is 4.14. The minimum Gasteiger partial charge on any atom is -0.393 e. The average molecular weight is 444 g/mol. The maximum Gasteiger partial charge on any atom is 0.224 e. The fourth-order valence-corrected chi connectivity index (χ4v) is 4.30. The number of rotatable bonds is 9. The van der Waals surface area contributed by atoms with Gasteiger partial charge in [-0.1, -0.05) is 13.0 Å².